The largest absolute Gasteiger partial charge is 0.394 e. The van der Waals surface area contributed by atoms with Gasteiger partial charge in [0.05, 0.1) is 33.4 Å². The first-order valence-electron chi connectivity index (χ1n) is 12.0. The van der Waals surface area contributed by atoms with E-state index in [1.54, 1.807) is 0 Å². The first-order valence-corrected chi connectivity index (χ1v) is 12.0. The monoisotopic (exact) mass is 434 g/mol. The molecule has 5 N–H and O–H groups in total. The predicted octanol–water partition coefficient (Wildman–Crippen LogP) is 1.58. The maximum atomic E-state index is 10.5. The molecule has 6 atom stereocenters. The lowest BCUT2D eigenvalue weighted by Crippen LogP contribution is -2.59. The van der Waals surface area contributed by atoms with Crippen LogP contribution in [0.2, 0.25) is 0 Å². The zero-order valence-electron chi connectivity index (χ0n) is 19.5. The van der Waals surface area contributed by atoms with Gasteiger partial charge in [0.15, 0.2) is 0 Å². The van der Waals surface area contributed by atoms with E-state index in [-0.39, 0.29) is 6.42 Å². The smallest absolute Gasteiger partial charge is 0.111 e. The molecule has 180 valence electrons. The van der Waals surface area contributed by atoms with Gasteiger partial charge in [0.2, 0.25) is 0 Å². The molecule has 0 aromatic rings. The summed E-state index contributed by atoms with van der Waals surface area (Å²) < 4.78 is 6.18. The van der Waals surface area contributed by atoms with E-state index in [0.717, 1.165) is 13.0 Å². The van der Waals surface area contributed by atoms with Gasteiger partial charge in [-0.05, 0) is 12.8 Å². The van der Waals surface area contributed by atoms with Crippen LogP contribution in [0.15, 0.2) is 0 Å². The Morgan fingerprint density at radius 3 is 1.80 bits per heavy atom. The number of ether oxygens (including phenoxy) is 1. The molecule has 0 aliphatic carbocycles. The number of nitrogens with zero attached hydrogens (tertiary/aromatic N) is 1. The lowest BCUT2D eigenvalue weighted by molar-refractivity contribution is -0.893. The van der Waals surface area contributed by atoms with Crippen molar-refractivity contribution >= 4 is 0 Å². The molecular formula is C23H48NO6+. The summed E-state index contributed by atoms with van der Waals surface area (Å²) in [5.41, 5.74) is 0. The molecule has 7 heteroatoms. The van der Waals surface area contributed by atoms with Gasteiger partial charge in [-0.1, -0.05) is 58.3 Å². The summed E-state index contributed by atoms with van der Waals surface area (Å²) in [6.07, 6.45) is 6.66. The third-order valence-corrected chi connectivity index (χ3v) is 6.32. The van der Waals surface area contributed by atoms with Crippen molar-refractivity contribution in [1.82, 2.24) is 0 Å². The molecule has 0 amide bonds. The van der Waals surface area contributed by atoms with E-state index in [1.807, 2.05) is 0 Å². The fourth-order valence-corrected chi connectivity index (χ4v) is 4.41. The molecule has 0 bridgehead atoms. The van der Waals surface area contributed by atoms with Crippen molar-refractivity contribution < 1.29 is 34.8 Å². The highest BCUT2D eigenvalue weighted by molar-refractivity contribution is 4.92. The molecular weight excluding hydrogens is 386 g/mol. The summed E-state index contributed by atoms with van der Waals surface area (Å²) in [4.78, 5) is 0. The molecule has 1 rings (SSSR count). The maximum Gasteiger partial charge on any atom is 0.111 e. The van der Waals surface area contributed by atoms with Gasteiger partial charge in [0.1, 0.15) is 37.1 Å². The van der Waals surface area contributed by atoms with E-state index < -0.39 is 43.2 Å². The van der Waals surface area contributed by atoms with Crippen LogP contribution in [0, 0.1) is 0 Å². The van der Waals surface area contributed by atoms with Crippen LogP contribution in [-0.2, 0) is 4.74 Å². The van der Waals surface area contributed by atoms with Crippen molar-refractivity contribution in [3.63, 3.8) is 0 Å². The lowest BCUT2D eigenvalue weighted by atomic mass is 9.92. The number of quaternary nitrogens is 1. The van der Waals surface area contributed by atoms with Crippen molar-refractivity contribution in [1.29, 1.82) is 0 Å². The van der Waals surface area contributed by atoms with E-state index >= 15 is 0 Å². The SMILES string of the molecule is CCCCCCCCCCCC[N+](C)(C)CC(O)CC1O[C@H](CO)[C@@H](O)[C@H](O)[C@H]1O. The Balaban J connectivity index is 2.23. The summed E-state index contributed by atoms with van der Waals surface area (Å²) >= 11 is 0. The van der Waals surface area contributed by atoms with E-state index in [1.165, 1.54) is 57.8 Å². The zero-order chi connectivity index (χ0) is 22.6. The van der Waals surface area contributed by atoms with Crippen LogP contribution in [0.5, 0.6) is 0 Å². The number of likely N-dealkylation sites (N-methyl/N-ethyl adjacent to an activating group) is 1. The van der Waals surface area contributed by atoms with Gasteiger partial charge in [-0.15, -0.1) is 0 Å². The summed E-state index contributed by atoms with van der Waals surface area (Å²) in [6.45, 7) is 3.29. The first kappa shape index (κ1) is 27.8. The average molecular weight is 435 g/mol. The molecule has 30 heavy (non-hydrogen) atoms. The Bertz CT molecular complexity index is 434. The number of hydrogen-bond donors (Lipinski definition) is 5. The minimum Gasteiger partial charge on any atom is -0.394 e. The topological polar surface area (TPSA) is 110 Å². The van der Waals surface area contributed by atoms with E-state index in [2.05, 4.69) is 21.0 Å². The fraction of sp³-hybridized carbons (Fsp3) is 1.00. The van der Waals surface area contributed by atoms with Gasteiger partial charge in [-0.25, -0.2) is 0 Å². The van der Waals surface area contributed by atoms with Crippen LogP contribution in [0.1, 0.15) is 77.6 Å². The molecule has 0 aromatic heterocycles. The van der Waals surface area contributed by atoms with Crippen molar-refractivity contribution in [3.8, 4) is 0 Å². The Kier molecular flexibility index (Phi) is 13.6. The highest BCUT2D eigenvalue weighted by atomic mass is 16.5. The third kappa shape index (κ3) is 10.4. The summed E-state index contributed by atoms with van der Waals surface area (Å²) in [7, 11) is 4.18. The van der Waals surface area contributed by atoms with Crippen molar-refractivity contribution in [2.45, 2.75) is 114 Å². The number of unbranched alkanes of at least 4 members (excludes halogenated alkanes) is 9. The van der Waals surface area contributed by atoms with Gasteiger partial charge in [0.25, 0.3) is 0 Å². The van der Waals surface area contributed by atoms with Gasteiger partial charge in [-0.2, -0.15) is 0 Å². The molecule has 1 heterocycles. The van der Waals surface area contributed by atoms with Crippen LogP contribution in [0.3, 0.4) is 0 Å². The summed E-state index contributed by atoms with van der Waals surface area (Å²) in [5, 5.41) is 49.7. The van der Waals surface area contributed by atoms with Crippen LogP contribution in [0.25, 0.3) is 0 Å². The second-order valence-electron chi connectivity index (χ2n) is 9.78. The van der Waals surface area contributed by atoms with E-state index in [4.69, 9.17) is 4.74 Å². The van der Waals surface area contributed by atoms with Crippen LogP contribution in [-0.4, -0.2) is 100 Å². The Hall–Kier alpha value is -0.280. The molecule has 0 aromatic carbocycles. The first-order chi connectivity index (χ1) is 14.2. The predicted molar refractivity (Wildman–Crippen MR) is 118 cm³/mol. The Labute approximate surface area is 183 Å². The number of hydrogen-bond acceptors (Lipinski definition) is 6. The number of aliphatic hydroxyl groups is 5. The van der Waals surface area contributed by atoms with Crippen molar-refractivity contribution in [2.75, 3.05) is 33.8 Å². The van der Waals surface area contributed by atoms with Gasteiger partial charge >= 0.3 is 0 Å². The fourth-order valence-electron chi connectivity index (χ4n) is 4.41. The van der Waals surface area contributed by atoms with Gasteiger partial charge in [-0.3, -0.25) is 0 Å². The normalized spacial score (nSPS) is 28.6. The molecule has 1 fully saturated rings. The average Bonchev–Trinajstić information content (AvgIpc) is 2.69. The minimum absolute atomic E-state index is 0.154. The lowest BCUT2D eigenvalue weighted by Gasteiger charge is -2.41. The molecule has 1 aliphatic rings. The summed E-state index contributed by atoms with van der Waals surface area (Å²) in [5.74, 6) is 0. The maximum absolute atomic E-state index is 10.5. The van der Waals surface area contributed by atoms with E-state index in [9.17, 15) is 25.5 Å². The molecule has 2 unspecified atom stereocenters. The number of rotatable bonds is 16. The molecule has 0 radical (unpaired) electrons. The minimum atomic E-state index is -1.39. The second-order valence-corrected chi connectivity index (χ2v) is 9.78. The van der Waals surface area contributed by atoms with Crippen LogP contribution in [0.4, 0.5) is 0 Å². The second kappa shape index (κ2) is 14.7. The summed E-state index contributed by atoms with van der Waals surface area (Å²) in [6, 6.07) is 0. The Morgan fingerprint density at radius 1 is 0.767 bits per heavy atom. The quantitative estimate of drug-likeness (QED) is 0.186. The molecule has 1 saturated heterocycles. The number of aliphatic hydroxyl groups excluding tert-OH is 5. The van der Waals surface area contributed by atoms with Crippen LogP contribution < -0.4 is 0 Å². The molecule has 0 spiro atoms. The van der Waals surface area contributed by atoms with Gasteiger partial charge < -0.3 is 34.8 Å². The molecule has 7 nitrogen and oxygen atoms in total. The third-order valence-electron chi connectivity index (χ3n) is 6.32. The zero-order valence-corrected chi connectivity index (χ0v) is 19.5. The van der Waals surface area contributed by atoms with Crippen molar-refractivity contribution in [2.24, 2.45) is 0 Å². The van der Waals surface area contributed by atoms with Gasteiger partial charge in [0, 0.05) is 6.42 Å². The highest BCUT2D eigenvalue weighted by Gasteiger charge is 2.44. The van der Waals surface area contributed by atoms with Crippen molar-refractivity contribution in [3.05, 3.63) is 0 Å². The highest BCUT2D eigenvalue weighted by Crippen LogP contribution is 2.24. The molecule has 1 aliphatic heterocycles. The van der Waals surface area contributed by atoms with E-state index in [0.29, 0.717) is 11.0 Å². The molecule has 0 saturated carbocycles. The standard InChI is InChI=1S/C23H48NO6/c1-4-5-6-7-8-9-10-11-12-13-14-24(2,3)16-18(26)15-19-21(27)23(29)22(28)20(17-25)30-19/h18-23,25-29H,4-17H2,1-3H3/q+1/t18?,19?,20-,21+,22-,23-/m1/s1. The Morgan fingerprint density at radius 2 is 1.27 bits per heavy atom. The van der Waals surface area contributed by atoms with Crippen LogP contribution >= 0.6 is 0 Å².